The Balaban J connectivity index is 2.46. The van der Waals surface area contributed by atoms with Gasteiger partial charge >= 0.3 is 0 Å². The number of ether oxygens (including phenoxy) is 1. The standard InChI is InChI=1S/C16H18O3/c1-19-15-11-12(6-5-9-17)10-14(16(15)18)13-7-3-2-4-8-13/h2-4,7-8,10-11,17-18H,5-6,9H2,1H3. The number of aryl methyl sites for hydroxylation is 1. The highest BCUT2D eigenvalue weighted by atomic mass is 16.5. The lowest BCUT2D eigenvalue weighted by molar-refractivity contribution is 0.288. The summed E-state index contributed by atoms with van der Waals surface area (Å²) in [4.78, 5) is 0. The van der Waals surface area contributed by atoms with Crippen LogP contribution in [-0.4, -0.2) is 23.9 Å². The fraction of sp³-hybridized carbons (Fsp3) is 0.250. The van der Waals surface area contributed by atoms with Gasteiger partial charge in [-0.15, -0.1) is 0 Å². The molecule has 2 aromatic carbocycles. The van der Waals surface area contributed by atoms with Crippen molar-refractivity contribution in [1.82, 2.24) is 0 Å². The van der Waals surface area contributed by atoms with Gasteiger partial charge in [-0.05, 0) is 36.1 Å². The number of aliphatic hydroxyl groups excluding tert-OH is 1. The first-order valence-corrected chi connectivity index (χ1v) is 6.32. The van der Waals surface area contributed by atoms with E-state index in [1.54, 1.807) is 7.11 Å². The summed E-state index contributed by atoms with van der Waals surface area (Å²) < 4.78 is 5.22. The maximum Gasteiger partial charge on any atom is 0.165 e. The van der Waals surface area contributed by atoms with Crippen LogP contribution >= 0.6 is 0 Å². The van der Waals surface area contributed by atoms with Gasteiger partial charge in [0.25, 0.3) is 0 Å². The van der Waals surface area contributed by atoms with E-state index in [1.807, 2.05) is 42.5 Å². The topological polar surface area (TPSA) is 49.7 Å². The molecule has 0 spiro atoms. The zero-order valence-electron chi connectivity index (χ0n) is 11.0. The van der Waals surface area contributed by atoms with E-state index in [9.17, 15) is 5.11 Å². The number of aliphatic hydroxyl groups is 1. The summed E-state index contributed by atoms with van der Waals surface area (Å²) in [7, 11) is 1.54. The minimum absolute atomic E-state index is 0.154. The summed E-state index contributed by atoms with van der Waals surface area (Å²) in [5.41, 5.74) is 2.75. The molecule has 19 heavy (non-hydrogen) atoms. The minimum atomic E-state index is 0.154. The Morgan fingerprint density at radius 3 is 2.47 bits per heavy atom. The summed E-state index contributed by atoms with van der Waals surface area (Å²) in [5.74, 6) is 0.621. The van der Waals surface area contributed by atoms with E-state index in [4.69, 9.17) is 9.84 Å². The van der Waals surface area contributed by atoms with Crippen molar-refractivity contribution in [2.75, 3.05) is 13.7 Å². The average Bonchev–Trinajstić information content (AvgIpc) is 2.47. The molecule has 0 saturated carbocycles. The van der Waals surface area contributed by atoms with Crippen molar-refractivity contribution in [1.29, 1.82) is 0 Å². The lowest BCUT2D eigenvalue weighted by atomic mass is 9.99. The van der Waals surface area contributed by atoms with Gasteiger partial charge in [-0.25, -0.2) is 0 Å². The van der Waals surface area contributed by atoms with Gasteiger partial charge in [0.15, 0.2) is 11.5 Å². The summed E-state index contributed by atoms with van der Waals surface area (Å²) >= 11 is 0. The molecule has 0 radical (unpaired) electrons. The van der Waals surface area contributed by atoms with E-state index in [-0.39, 0.29) is 12.4 Å². The highest BCUT2D eigenvalue weighted by Crippen LogP contribution is 2.38. The third-order valence-corrected chi connectivity index (χ3v) is 3.06. The molecule has 0 atom stereocenters. The van der Waals surface area contributed by atoms with E-state index >= 15 is 0 Å². The van der Waals surface area contributed by atoms with Crippen LogP contribution in [0.4, 0.5) is 0 Å². The Hall–Kier alpha value is -2.00. The lowest BCUT2D eigenvalue weighted by Gasteiger charge is -2.12. The molecule has 100 valence electrons. The summed E-state index contributed by atoms with van der Waals surface area (Å²) in [6.45, 7) is 0.157. The van der Waals surface area contributed by atoms with Gasteiger partial charge in [-0.2, -0.15) is 0 Å². The molecular formula is C16H18O3. The fourth-order valence-electron chi connectivity index (χ4n) is 2.09. The Labute approximate surface area is 113 Å². The Bertz CT molecular complexity index is 535. The van der Waals surface area contributed by atoms with E-state index in [1.165, 1.54) is 0 Å². The number of phenols is 1. The molecule has 2 aromatic rings. The van der Waals surface area contributed by atoms with Gasteiger partial charge in [0.2, 0.25) is 0 Å². The third kappa shape index (κ3) is 3.06. The first kappa shape index (κ1) is 13.4. The Morgan fingerprint density at radius 1 is 1.11 bits per heavy atom. The first-order chi connectivity index (χ1) is 9.26. The van der Waals surface area contributed by atoms with Crippen molar-refractivity contribution in [3.63, 3.8) is 0 Å². The molecule has 0 saturated heterocycles. The molecule has 0 unspecified atom stereocenters. The third-order valence-electron chi connectivity index (χ3n) is 3.06. The van der Waals surface area contributed by atoms with Gasteiger partial charge in [0, 0.05) is 12.2 Å². The van der Waals surface area contributed by atoms with E-state index in [2.05, 4.69) is 0 Å². The maximum absolute atomic E-state index is 10.2. The highest BCUT2D eigenvalue weighted by Gasteiger charge is 2.12. The van der Waals surface area contributed by atoms with Crippen LogP contribution in [0.15, 0.2) is 42.5 Å². The quantitative estimate of drug-likeness (QED) is 0.866. The van der Waals surface area contributed by atoms with Crippen molar-refractivity contribution >= 4 is 0 Å². The SMILES string of the molecule is COc1cc(CCCO)cc(-c2ccccc2)c1O. The Kier molecular flexibility index (Phi) is 4.42. The number of hydrogen-bond donors (Lipinski definition) is 2. The second-order valence-electron chi connectivity index (χ2n) is 4.39. The average molecular weight is 258 g/mol. The van der Waals surface area contributed by atoms with Crippen molar-refractivity contribution in [2.45, 2.75) is 12.8 Å². The highest BCUT2D eigenvalue weighted by molar-refractivity contribution is 5.74. The first-order valence-electron chi connectivity index (χ1n) is 6.32. The van der Waals surface area contributed by atoms with Crippen LogP contribution in [0, 0.1) is 0 Å². The molecule has 3 nitrogen and oxygen atoms in total. The van der Waals surface area contributed by atoms with E-state index in [0.29, 0.717) is 12.2 Å². The Morgan fingerprint density at radius 2 is 1.84 bits per heavy atom. The number of hydrogen-bond acceptors (Lipinski definition) is 3. The van der Waals surface area contributed by atoms with Gasteiger partial charge in [0.1, 0.15) is 0 Å². The van der Waals surface area contributed by atoms with Crippen LogP contribution in [0.5, 0.6) is 11.5 Å². The molecule has 0 amide bonds. The zero-order valence-corrected chi connectivity index (χ0v) is 11.0. The largest absolute Gasteiger partial charge is 0.504 e. The van der Waals surface area contributed by atoms with Crippen LogP contribution in [0.1, 0.15) is 12.0 Å². The van der Waals surface area contributed by atoms with Gasteiger partial charge in [-0.1, -0.05) is 30.3 Å². The second kappa shape index (κ2) is 6.25. The lowest BCUT2D eigenvalue weighted by Crippen LogP contribution is -1.94. The molecule has 3 heteroatoms. The van der Waals surface area contributed by atoms with Crippen LogP contribution < -0.4 is 4.74 Å². The maximum atomic E-state index is 10.2. The van der Waals surface area contributed by atoms with Crippen molar-refractivity contribution in [2.24, 2.45) is 0 Å². The molecule has 0 bridgehead atoms. The number of rotatable bonds is 5. The number of phenolic OH excluding ortho intramolecular Hbond substituents is 1. The molecule has 0 aliphatic rings. The number of methoxy groups -OCH3 is 1. The monoisotopic (exact) mass is 258 g/mol. The van der Waals surface area contributed by atoms with Crippen LogP contribution in [0.25, 0.3) is 11.1 Å². The summed E-state index contributed by atoms with van der Waals surface area (Å²) in [6.07, 6.45) is 1.45. The second-order valence-corrected chi connectivity index (χ2v) is 4.39. The number of benzene rings is 2. The molecule has 0 fully saturated rings. The molecule has 0 aromatic heterocycles. The zero-order chi connectivity index (χ0) is 13.7. The predicted molar refractivity (Wildman–Crippen MR) is 75.5 cm³/mol. The van der Waals surface area contributed by atoms with Crippen LogP contribution in [0.3, 0.4) is 0 Å². The van der Waals surface area contributed by atoms with Crippen molar-refractivity contribution in [3.8, 4) is 22.6 Å². The van der Waals surface area contributed by atoms with Gasteiger partial charge in [-0.3, -0.25) is 0 Å². The summed E-state index contributed by atoms with van der Waals surface area (Å²) in [5, 5.41) is 19.1. The molecule has 2 rings (SSSR count). The van der Waals surface area contributed by atoms with Crippen molar-refractivity contribution in [3.05, 3.63) is 48.0 Å². The molecule has 2 N–H and O–H groups in total. The minimum Gasteiger partial charge on any atom is -0.504 e. The molecular weight excluding hydrogens is 240 g/mol. The summed E-state index contributed by atoms with van der Waals surface area (Å²) in [6, 6.07) is 13.5. The normalized spacial score (nSPS) is 10.4. The molecule has 0 aliphatic carbocycles. The van der Waals surface area contributed by atoms with Crippen LogP contribution in [-0.2, 0) is 6.42 Å². The van der Waals surface area contributed by atoms with E-state index in [0.717, 1.165) is 23.1 Å². The predicted octanol–water partition coefficient (Wildman–Crippen LogP) is 2.99. The van der Waals surface area contributed by atoms with Crippen LogP contribution in [0.2, 0.25) is 0 Å². The van der Waals surface area contributed by atoms with Gasteiger partial charge < -0.3 is 14.9 Å². The fourth-order valence-corrected chi connectivity index (χ4v) is 2.09. The van der Waals surface area contributed by atoms with E-state index < -0.39 is 0 Å². The van der Waals surface area contributed by atoms with Crippen molar-refractivity contribution < 1.29 is 14.9 Å². The molecule has 0 heterocycles. The molecule has 0 aliphatic heterocycles. The smallest absolute Gasteiger partial charge is 0.165 e. The number of aromatic hydroxyl groups is 1. The van der Waals surface area contributed by atoms with Gasteiger partial charge in [0.05, 0.1) is 7.11 Å².